The van der Waals surface area contributed by atoms with Gasteiger partial charge in [0.1, 0.15) is 6.61 Å². The monoisotopic (exact) mass is 286 g/mol. The van der Waals surface area contributed by atoms with Gasteiger partial charge in [-0.25, -0.2) is 4.39 Å². The zero-order chi connectivity index (χ0) is 15.3. The maximum Gasteiger partial charge on any atom is 0.314 e. The van der Waals surface area contributed by atoms with Gasteiger partial charge < -0.3 is 15.2 Å². The van der Waals surface area contributed by atoms with Crippen molar-refractivity contribution in [1.82, 2.24) is 0 Å². The lowest BCUT2D eigenvalue weighted by Crippen LogP contribution is -2.44. The summed E-state index contributed by atoms with van der Waals surface area (Å²) < 4.78 is 23.7. The van der Waals surface area contributed by atoms with Crippen molar-refractivity contribution in [2.24, 2.45) is 5.73 Å². The molecule has 0 aliphatic heterocycles. The Labute approximate surface area is 116 Å². The highest BCUT2D eigenvalue weighted by molar-refractivity contribution is 5.51. The molecule has 0 fully saturated rings. The molecule has 0 spiro atoms. The zero-order valence-corrected chi connectivity index (χ0v) is 11.8. The van der Waals surface area contributed by atoms with Crippen LogP contribution in [0, 0.1) is 15.9 Å². The predicted molar refractivity (Wildman–Crippen MR) is 72.6 cm³/mol. The zero-order valence-electron chi connectivity index (χ0n) is 11.8. The summed E-state index contributed by atoms with van der Waals surface area (Å²) in [4.78, 5) is 10.2. The Balaban J connectivity index is 3.06. The summed E-state index contributed by atoms with van der Waals surface area (Å²) in [5, 5.41) is 10.9. The maximum atomic E-state index is 13.5. The third kappa shape index (κ3) is 3.57. The van der Waals surface area contributed by atoms with Crippen LogP contribution in [-0.4, -0.2) is 24.2 Å². The first-order valence-corrected chi connectivity index (χ1v) is 6.30. The fourth-order valence-electron chi connectivity index (χ4n) is 1.61. The average molecular weight is 286 g/mol. The Kier molecular flexibility index (Phi) is 5.26. The first kappa shape index (κ1) is 16.2. The summed E-state index contributed by atoms with van der Waals surface area (Å²) in [5.74, 6) is -0.970. The van der Waals surface area contributed by atoms with Gasteiger partial charge in [-0.05, 0) is 12.8 Å². The summed E-state index contributed by atoms with van der Waals surface area (Å²) in [7, 11) is 1.28. The van der Waals surface area contributed by atoms with Gasteiger partial charge in [-0.1, -0.05) is 13.8 Å². The molecule has 1 rings (SSSR count). The number of rotatable bonds is 7. The molecule has 0 saturated heterocycles. The predicted octanol–water partition coefficient (Wildman–Crippen LogP) is 2.64. The van der Waals surface area contributed by atoms with Gasteiger partial charge in [-0.2, -0.15) is 0 Å². The van der Waals surface area contributed by atoms with Crippen molar-refractivity contribution in [3.05, 3.63) is 28.1 Å². The molecule has 0 saturated carbocycles. The van der Waals surface area contributed by atoms with Crippen LogP contribution in [0.2, 0.25) is 0 Å². The molecule has 0 bridgehead atoms. The molecule has 1 aromatic carbocycles. The van der Waals surface area contributed by atoms with Crippen molar-refractivity contribution in [3.8, 4) is 11.5 Å². The van der Waals surface area contributed by atoms with Crippen molar-refractivity contribution < 1.29 is 18.8 Å². The van der Waals surface area contributed by atoms with E-state index in [2.05, 4.69) is 0 Å². The molecule has 7 heteroatoms. The number of methoxy groups -OCH3 is 1. The number of halogens is 1. The Morgan fingerprint density at radius 2 is 1.95 bits per heavy atom. The Morgan fingerprint density at radius 1 is 1.35 bits per heavy atom. The SMILES string of the molecule is CCC(N)(CC)COc1cc(OC)c(F)cc1[N+](=O)[O-]. The summed E-state index contributed by atoms with van der Waals surface area (Å²) in [5.41, 5.74) is 5.05. The molecule has 0 radical (unpaired) electrons. The first-order chi connectivity index (χ1) is 9.36. The van der Waals surface area contributed by atoms with Crippen LogP contribution in [0.15, 0.2) is 12.1 Å². The van der Waals surface area contributed by atoms with Crippen LogP contribution in [0.3, 0.4) is 0 Å². The van der Waals surface area contributed by atoms with Gasteiger partial charge >= 0.3 is 5.69 Å². The van der Waals surface area contributed by atoms with Gasteiger partial charge in [0.2, 0.25) is 5.75 Å². The second kappa shape index (κ2) is 6.51. The van der Waals surface area contributed by atoms with E-state index in [0.717, 1.165) is 6.07 Å². The first-order valence-electron chi connectivity index (χ1n) is 6.30. The maximum absolute atomic E-state index is 13.5. The average Bonchev–Trinajstić information content (AvgIpc) is 2.45. The lowest BCUT2D eigenvalue weighted by Gasteiger charge is -2.26. The van der Waals surface area contributed by atoms with E-state index in [9.17, 15) is 14.5 Å². The standard InChI is InChI=1S/C13H19FN2O4/c1-4-13(15,5-2)8-20-12-7-11(19-3)9(14)6-10(12)16(17)18/h6-7H,4-5,8,15H2,1-3H3. The topological polar surface area (TPSA) is 87.6 Å². The van der Waals surface area contributed by atoms with Crippen LogP contribution in [0.25, 0.3) is 0 Å². The number of hydrogen-bond acceptors (Lipinski definition) is 5. The fraction of sp³-hybridized carbons (Fsp3) is 0.538. The Hall–Kier alpha value is -1.89. The number of nitro groups is 1. The van der Waals surface area contributed by atoms with Gasteiger partial charge in [0, 0.05) is 11.6 Å². The highest BCUT2D eigenvalue weighted by Crippen LogP contribution is 2.34. The van der Waals surface area contributed by atoms with Crippen molar-refractivity contribution >= 4 is 5.69 Å². The van der Waals surface area contributed by atoms with E-state index >= 15 is 0 Å². The number of hydrogen-bond donors (Lipinski definition) is 1. The molecule has 1 aromatic rings. The molecule has 0 aliphatic carbocycles. The molecular weight excluding hydrogens is 267 g/mol. The van der Waals surface area contributed by atoms with E-state index in [0.29, 0.717) is 12.8 Å². The minimum absolute atomic E-state index is 0.0509. The number of benzene rings is 1. The third-order valence-electron chi connectivity index (χ3n) is 3.35. The summed E-state index contributed by atoms with van der Waals surface area (Å²) >= 11 is 0. The summed E-state index contributed by atoms with van der Waals surface area (Å²) in [6.07, 6.45) is 1.32. The van der Waals surface area contributed by atoms with Gasteiger partial charge in [0.05, 0.1) is 18.1 Å². The summed E-state index contributed by atoms with van der Waals surface area (Å²) in [6, 6.07) is 1.95. The minimum atomic E-state index is -0.809. The summed E-state index contributed by atoms with van der Waals surface area (Å²) in [6.45, 7) is 3.93. The van der Waals surface area contributed by atoms with E-state index in [1.165, 1.54) is 13.2 Å². The number of nitro benzene ring substituents is 1. The number of ether oxygens (including phenoxy) is 2. The minimum Gasteiger partial charge on any atom is -0.494 e. The quantitative estimate of drug-likeness (QED) is 0.615. The van der Waals surface area contributed by atoms with Gasteiger partial charge in [-0.3, -0.25) is 10.1 Å². The molecule has 0 unspecified atom stereocenters. The Bertz CT molecular complexity index is 490. The molecule has 112 valence electrons. The van der Waals surface area contributed by atoms with Crippen LogP contribution in [0.4, 0.5) is 10.1 Å². The van der Waals surface area contributed by atoms with Crippen molar-refractivity contribution in [2.45, 2.75) is 32.2 Å². The van der Waals surface area contributed by atoms with Crippen molar-refractivity contribution in [3.63, 3.8) is 0 Å². The van der Waals surface area contributed by atoms with E-state index in [1.807, 2.05) is 13.8 Å². The van der Waals surface area contributed by atoms with Crippen LogP contribution < -0.4 is 15.2 Å². The van der Waals surface area contributed by atoms with Crippen molar-refractivity contribution in [1.29, 1.82) is 0 Å². The van der Waals surface area contributed by atoms with Crippen LogP contribution in [0.1, 0.15) is 26.7 Å². The molecule has 6 nitrogen and oxygen atoms in total. The smallest absolute Gasteiger partial charge is 0.314 e. The second-order valence-electron chi connectivity index (χ2n) is 4.57. The largest absolute Gasteiger partial charge is 0.494 e. The molecule has 0 heterocycles. The number of nitrogens with zero attached hydrogens (tertiary/aromatic N) is 1. The number of nitrogens with two attached hydrogens (primary N) is 1. The van der Waals surface area contributed by atoms with E-state index in [1.54, 1.807) is 0 Å². The highest BCUT2D eigenvalue weighted by atomic mass is 19.1. The molecule has 0 atom stereocenters. The highest BCUT2D eigenvalue weighted by Gasteiger charge is 2.25. The van der Waals surface area contributed by atoms with Gasteiger partial charge in [0.25, 0.3) is 0 Å². The molecule has 2 N–H and O–H groups in total. The second-order valence-corrected chi connectivity index (χ2v) is 4.57. The van der Waals surface area contributed by atoms with Gasteiger partial charge in [0.15, 0.2) is 11.6 Å². The lowest BCUT2D eigenvalue weighted by atomic mass is 9.96. The van der Waals surface area contributed by atoms with Crippen molar-refractivity contribution in [2.75, 3.05) is 13.7 Å². The normalized spacial score (nSPS) is 11.2. The van der Waals surface area contributed by atoms with Gasteiger partial charge in [-0.15, -0.1) is 0 Å². The Morgan fingerprint density at radius 3 is 2.40 bits per heavy atom. The molecule has 0 amide bonds. The molecule has 0 aliphatic rings. The fourth-order valence-corrected chi connectivity index (χ4v) is 1.61. The van der Waals surface area contributed by atoms with E-state index < -0.39 is 22.0 Å². The lowest BCUT2D eigenvalue weighted by molar-refractivity contribution is -0.386. The van der Waals surface area contributed by atoms with Crippen LogP contribution in [0.5, 0.6) is 11.5 Å². The van der Waals surface area contributed by atoms with Crippen LogP contribution >= 0.6 is 0 Å². The van der Waals surface area contributed by atoms with E-state index in [4.69, 9.17) is 15.2 Å². The molecule has 0 aromatic heterocycles. The third-order valence-corrected chi connectivity index (χ3v) is 3.35. The van der Waals surface area contributed by atoms with E-state index in [-0.39, 0.29) is 18.1 Å². The molecule has 20 heavy (non-hydrogen) atoms. The molecular formula is C13H19FN2O4. The van der Waals surface area contributed by atoms with Crippen LogP contribution in [-0.2, 0) is 0 Å².